The zero-order chi connectivity index (χ0) is 17.7. The van der Waals surface area contributed by atoms with E-state index in [1.165, 1.54) is 0 Å². The highest BCUT2D eigenvalue weighted by atomic mass is 16.2. The number of allylic oxidation sites excluding steroid dienone is 1. The molecule has 1 aliphatic rings. The summed E-state index contributed by atoms with van der Waals surface area (Å²) in [4.78, 5) is 15.9. The number of carbonyl (C=O) groups is 1. The number of hydrogen-bond acceptors (Lipinski definition) is 1. The Balaban J connectivity index is 2.19. The summed E-state index contributed by atoms with van der Waals surface area (Å²) in [6.45, 7) is 7.90. The number of carbonyl (C=O) groups excluding carboxylic acids is 1. The Labute approximate surface area is 151 Å². The molecular weight excluding hydrogens is 306 g/mol. The first-order valence-electron chi connectivity index (χ1n) is 9.28. The highest BCUT2D eigenvalue weighted by molar-refractivity contribution is 5.93. The van der Waals surface area contributed by atoms with Crippen molar-refractivity contribution in [3.05, 3.63) is 84.4 Å². The molecule has 2 aromatic rings. The molecule has 25 heavy (non-hydrogen) atoms. The van der Waals surface area contributed by atoms with Crippen LogP contribution in [0.2, 0.25) is 0 Å². The van der Waals surface area contributed by atoms with Crippen molar-refractivity contribution in [2.75, 3.05) is 13.1 Å². The van der Waals surface area contributed by atoms with Crippen LogP contribution in [0.3, 0.4) is 0 Å². The first kappa shape index (κ1) is 17.5. The molecule has 1 atom stereocenters. The second kappa shape index (κ2) is 7.69. The van der Waals surface area contributed by atoms with Crippen LogP contribution in [0.15, 0.2) is 73.3 Å². The van der Waals surface area contributed by atoms with E-state index in [-0.39, 0.29) is 11.8 Å². The average Bonchev–Trinajstić information content (AvgIpc) is 2.68. The van der Waals surface area contributed by atoms with Crippen molar-refractivity contribution in [1.82, 2.24) is 4.90 Å². The standard InChI is InChI=1S/C23H27NO/c1-3-5-17-24-18-16-19(4-2)23(22(24)25,20-12-8-6-9-13-20)21-14-10-7-11-15-21/h4,6-15,19H,2-3,5,16-18H2,1H3. The maximum absolute atomic E-state index is 13.8. The molecule has 1 amide bonds. The van der Waals surface area contributed by atoms with Gasteiger partial charge in [-0.25, -0.2) is 0 Å². The van der Waals surface area contributed by atoms with E-state index in [0.29, 0.717) is 0 Å². The molecule has 1 unspecified atom stereocenters. The van der Waals surface area contributed by atoms with Crippen LogP contribution in [-0.4, -0.2) is 23.9 Å². The summed E-state index contributed by atoms with van der Waals surface area (Å²) in [6, 6.07) is 20.5. The van der Waals surface area contributed by atoms with Crippen LogP contribution >= 0.6 is 0 Å². The summed E-state index contributed by atoms with van der Waals surface area (Å²) in [5, 5.41) is 0. The van der Waals surface area contributed by atoms with Gasteiger partial charge in [0.1, 0.15) is 5.41 Å². The van der Waals surface area contributed by atoms with E-state index >= 15 is 0 Å². The predicted octanol–water partition coefficient (Wildman–Crippen LogP) is 4.81. The maximum Gasteiger partial charge on any atom is 0.238 e. The second-order valence-corrected chi connectivity index (χ2v) is 6.82. The number of piperidine rings is 1. The number of likely N-dealkylation sites (tertiary alicyclic amines) is 1. The van der Waals surface area contributed by atoms with Crippen LogP contribution in [0.4, 0.5) is 0 Å². The van der Waals surface area contributed by atoms with Gasteiger partial charge in [0, 0.05) is 19.0 Å². The Bertz CT molecular complexity index is 668. The molecule has 1 saturated heterocycles. The van der Waals surface area contributed by atoms with Crippen LogP contribution in [-0.2, 0) is 10.2 Å². The third kappa shape index (κ3) is 3.02. The van der Waals surface area contributed by atoms with Gasteiger partial charge >= 0.3 is 0 Å². The number of unbranched alkanes of at least 4 members (excludes halogenated alkanes) is 1. The van der Waals surface area contributed by atoms with Gasteiger partial charge in [-0.3, -0.25) is 4.79 Å². The molecule has 1 aliphatic heterocycles. The van der Waals surface area contributed by atoms with Gasteiger partial charge in [0.2, 0.25) is 5.91 Å². The molecule has 2 aromatic carbocycles. The smallest absolute Gasteiger partial charge is 0.238 e. The fraction of sp³-hybridized carbons (Fsp3) is 0.348. The number of benzene rings is 2. The predicted molar refractivity (Wildman–Crippen MR) is 103 cm³/mol. The van der Waals surface area contributed by atoms with Crippen molar-refractivity contribution >= 4 is 5.91 Å². The minimum absolute atomic E-state index is 0.0997. The van der Waals surface area contributed by atoms with Gasteiger partial charge in [-0.15, -0.1) is 6.58 Å². The van der Waals surface area contributed by atoms with E-state index in [0.717, 1.165) is 43.5 Å². The summed E-state index contributed by atoms with van der Waals surface area (Å²) >= 11 is 0. The molecule has 0 aromatic heterocycles. The van der Waals surface area contributed by atoms with Crippen molar-refractivity contribution in [1.29, 1.82) is 0 Å². The van der Waals surface area contributed by atoms with Crippen LogP contribution in [0.25, 0.3) is 0 Å². The first-order chi connectivity index (χ1) is 12.2. The number of hydrogen-bond donors (Lipinski definition) is 0. The number of amides is 1. The summed E-state index contributed by atoms with van der Waals surface area (Å²) < 4.78 is 0. The Morgan fingerprint density at radius 3 is 2.12 bits per heavy atom. The summed E-state index contributed by atoms with van der Waals surface area (Å²) in [6.07, 6.45) is 5.07. The van der Waals surface area contributed by atoms with Crippen LogP contribution in [0.5, 0.6) is 0 Å². The molecule has 0 aliphatic carbocycles. The van der Waals surface area contributed by atoms with Gasteiger partial charge in [0.25, 0.3) is 0 Å². The molecule has 0 bridgehead atoms. The lowest BCUT2D eigenvalue weighted by atomic mass is 9.62. The van der Waals surface area contributed by atoms with Crippen molar-refractivity contribution < 1.29 is 4.79 Å². The molecule has 0 spiro atoms. The third-order valence-corrected chi connectivity index (χ3v) is 5.42. The van der Waals surface area contributed by atoms with Gasteiger partial charge in [-0.05, 0) is 24.0 Å². The van der Waals surface area contributed by atoms with Crippen molar-refractivity contribution in [2.45, 2.75) is 31.6 Å². The molecule has 0 N–H and O–H groups in total. The van der Waals surface area contributed by atoms with Crippen molar-refractivity contribution in [3.63, 3.8) is 0 Å². The van der Waals surface area contributed by atoms with E-state index in [2.05, 4.69) is 42.7 Å². The van der Waals surface area contributed by atoms with Gasteiger partial charge in [0.15, 0.2) is 0 Å². The third-order valence-electron chi connectivity index (χ3n) is 5.42. The Morgan fingerprint density at radius 2 is 1.64 bits per heavy atom. The zero-order valence-corrected chi connectivity index (χ0v) is 15.0. The van der Waals surface area contributed by atoms with E-state index in [1.54, 1.807) is 0 Å². The summed E-state index contributed by atoms with van der Waals surface area (Å²) in [5.74, 6) is 0.317. The van der Waals surface area contributed by atoms with Crippen LogP contribution < -0.4 is 0 Å². The minimum atomic E-state index is -0.670. The average molecular weight is 333 g/mol. The molecule has 1 fully saturated rings. The van der Waals surface area contributed by atoms with E-state index in [9.17, 15) is 4.79 Å². The molecule has 0 saturated carbocycles. The van der Waals surface area contributed by atoms with Gasteiger partial charge in [-0.2, -0.15) is 0 Å². The Hall–Kier alpha value is -2.35. The molecule has 0 radical (unpaired) electrons. The van der Waals surface area contributed by atoms with Crippen molar-refractivity contribution in [3.8, 4) is 0 Å². The zero-order valence-electron chi connectivity index (χ0n) is 15.0. The largest absolute Gasteiger partial charge is 0.342 e. The van der Waals surface area contributed by atoms with Crippen molar-refractivity contribution in [2.24, 2.45) is 5.92 Å². The quantitative estimate of drug-likeness (QED) is 0.695. The highest BCUT2D eigenvalue weighted by Gasteiger charge is 2.51. The fourth-order valence-corrected chi connectivity index (χ4v) is 4.12. The van der Waals surface area contributed by atoms with Gasteiger partial charge < -0.3 is 4.90 Å². The molecular formula is C23H27NO. The normalized spacial score (nSPS) is 19.6. The number of rotatable bonds is 6. The highest BCUT2D eigenvalue weighted by Crippen LogP contribution is 2.45. The lowest BCUT2D eigenvalue weighted by Gasteiger charge is -2.47. The Kier molecular flexibility index (Phi) is 5.37. The molecule has 1 heterocycles. The molecule has 3 rings (SSSR count). The van der Waals surface area contributed by atoms with Crippen LogP contribution in [0, 0.1) is 5.92 Å². The maximum atomic E-state index is 13.8. The van der Waals surface area contributed by atoms with Crippen LogP contribution in [0.1, 0.15) is 37.3 Å². The lowest BCUT2D eigenvalue weighted by Crippen LogP contribution is -2.56. The lowest BCUT2D eigenvalue weighted by molar-refractivity contribution is -0.140. The monoisotopic (exact) mass is 333 g/mol. The Morgan fingerprint density at radius 1 is 1.08 bits per heavy atom. The first-order valence-corrected chi connectivity index (χ1v) is 9.28. The SMILES string of the molecule is C=CC1CCN(CCCC)C(=O)C1(c1ccccc1)c1ccccc1. The molecule has 2 nitrogen and oxygen atoms in total. The van der Waals surface area contributed by atoms with Gasteiger partial charge in [0.05, 0.1) is 0 Å². The van der Waals surface area contributed by atoms with E-state index < -0.39 is 5.41 Å². The molecule has 2 heteroatoms. The summed E-state index contributed by atoms with van der Waals surface area (Å²) in [7, 11) is 0. The van der Waals surface area contributed by atoms with E-state index in [1.807, 2.05) is 42.5 Å². The fourth-order valence-electron chi connectivity index (χ4n) is 4.12. The van der Waals surface area contributed by atoms with Gasteiger partial charge in [-0.1, -0.05) is 80.1 Å². The summed E-state index contributed by atoms with van der Waals surface area (Å²) in [5.41, 5.74) is 1.46. The second-order valence-electron chi connectivity index (χ2n) is 6.82. The minimum Gasteiger partial charge on any atom is -0.342 e. The molecule has 130 valence electrons. The number of nitrogens with zero attached hydrogens (tertiary/aromatic N) is 1. The topological polar surface area (TPSA) is 20.3 Å². The van der Waals surface area contributed by atoms with E-state index in [4.69, 9.17) is 0 Å².